The van der Waals surface area contributed by atoms with E-state index in [-0.39, 0.29) is 6.61 Å². The first-order chi connectivity index (χ1) is 15.5. The maximum absolute atomic E-state index is 14.1. The molecule has 0 bridgehead atoms. The van der Waals surface area contributed by atoms with Gasteiger partial charge in [-0.25, -0.2) is 27.5 Å². The van der Waals surface area contributed by atoms with Crippen molar-refractivity contribution in [1.82, 2.24) is 0 Å². The number of nitrogens with one attached hydrogen (secondary N) is 1. The summed E-state index contributed by atoms with van der Waals surface area (Å²) in [6, 6.07) is 2.42. The standard InChI is InChI=1S/C21H23FN2O7S2/c1-3-30-21(27)17-13-6-4-5-7-16(13)32-19(17)24-18(25)11(2)31-20(26)14-10-12(33(23,28)29)8-9-15(14)22/h8-11H,3-7H2,1-2H3,(H,24,25)(H2,23,28,29). The smallest absolute Gasteiger partial charge is 0.341 e. The van der Waals surface area contributed by atoms with Gasteiger partial charge in [0.05, 0.1) is 22.6 Å². The number of aryl methyl sites for hydroxylation is 1. The van der Waals surface area contributed by atoms with Crippen molar-refractivity contribution in [3.05, 3.63) is 45.6 Å². The van der Waals surface area contributed by atoms with Crippen molar-refractivity contribution in [2.45, 2.75) is 50.5 Å². The number of nitrogens with two attached hydrogens (primary N) is 1. The number of carbonyl (C=O) groups excluding carboxylic acids is 3. The van der Waals surface area contributed by atoms with Gasteiger partial charge in [0.25, 0.3) is 5.91 Å². The number of thiophene rings is 1. The van der Waals surface area contributed by atoms with Crippen LogP contribution in [0.3, 0.4) is 0 Å². The quantitative estimate of drug-likeness (QED) is 0.559. The van der Waals surface area contributed by atoms with Crippen LogP contribution in [0.25, 0.3) is 0 Å². The summed E-state index contributed by atoms with van der Waals surface area (Å²) in [4.78, 5) is 38.1. The van der Waals surface area contributed by atoms with Gasteiger partial charge in [-0.3, -0.25) is 4.79 Å². The van der Waals surface area contributed by atoms with Crippen LogP contribution in [0.15, 0.2) is 23.1 Å². The molecule has 3 rings (SSSR count). The predicted molar refractivity (Wildman–Crippen MR) is 118 cm³/mol. The SMILES string of the molecule is CCOC(=O)c1c(NC(=O)C(C)OC(=O)c2cc(S(N)(=O)=O)ccc2F)sc2c1CCCC2. The fourth-order valence-corrected chi connectivity index (χ4v) is 5.22. The molecule has 1 amide bonds. The van der Waals surface area contributed by atoms with E-state index in [1.807, 2.05) is 0 Å². The Kier molecular flexibility index (Phi) is 7.50. The number of primary sulfonamides is 1. The summed E-state index contributed by atoms with van der Waals surface area (Å²) >= 11 is 1.27. The lowest BCUT2D eigenvalue weighted by Gasteiger charge is -2.15. The highest BCUT2D eigenvalue weighted by Crippen LogP contribution is 2.38. The van der Waals surface area contributed by atoms with E-state index in [1.165, 1.54) is 18.3 Å². The van der Waals surface area contributed by atoms with E-state index < -0.39 is 50.2 Å². The van der Waals surface area contributed by atoms with Gasteiger partial charge in [0.2, 0.25) is 10.0 Å². The molecular weight excluding hydrogens is 475 g/mol. The molecule has 1 aliphatic carbocycles. The summed E-state index contributed by atoms with van der Waals surface area (Å²) in [6.07, 6.45) is 2.00. The average Bonchev–Trinajstić information content (AvgIpc) is 3.11. The number of hydrogen-bond donors (Lipinski definition) is 2. The van der Waals surface area contributed by atoms with Crippen LogP contribution in [0.2, 0.25) is 0 Å². The van der Waals surface area contributed by atoms with E-state index in [2.05, 4.69) is 5.32 Å². The Morgan fingerprint density at radius 1 is 1.21 bits per heavy atom. The minimum atomic E-state index is -4.18. The zero-order valence-corrected chi connectivity index (χ0v) is 19.6. The molecule has 1 atom stereocenters. The molecule has 9 nitrogen and oxygen atoms in total. The van der Waals surface area contributed by atoms with Crippen molar-refractivity contribution in [1.29, 1.82) is 0 Å². The Hall–Kier alpha value is -2.83. The van der Waals surface area contributed by atoms with Crippen LogP contribution in [-0.4, -0.2) is 39.0 Å². The van der Waals surface area contributed by atoms with E-state index in [0.717, 1.165) is 47.9 Å². The van der Waals surface area contributed by atoms with Crippen molar-refractivity contribution >= 4 is 44.2 Å². The average molecular weight is 499 g/mol. The fraction of sp³-hybridized carbons (Fsp3) is 0.381. The topological polar surface area (TPSA) is 142 Å². The number of ether oxygens (including phenoxy) is 2. The molecule has 1 unspecified atom stereocenters. The molecule has 0 fully saturated rings. The molecule has 0 saturated carbocycles. The molecule has 33 heavy (non-hydrogen) atoms. The molecule has 2 aromatic rings. The van der Waals surface area contributed by atoms with E-state index in [1.54, 1.807) is 6.92 Å². The van der Waals surface area contributed by atoms with E-state index >= 15 is 0 Å². The Labute approximate surface area is 194 Å². The lowest BCUT2D eigenvalue weighted by Crippen LogP contribution is -2.30. The van der Waals surface area contributed by atoms with Crippen molar-refractivity contribution in [3.63, 3.8) is 0 Å². The number of rotatable bonds is 7. The van der Waals surface area contributed by atoms with Crippen LogP contribution in [0.4, 0.5) is 9.39 Å². The minimum absolute atomic E-state index is 0.175. The second-order valence-corrected chi connectivity index (χ2v) is 10.0. The molecule has 1 aromatic heterocycles. The minimum Gasteiger partial charge on any atom is -0.462 e. The number of halogens is 1. The molecule has 0 spiro atoms. The third kappa shape index (κ3) is 5.57. The van der Waals surface area contributed by atoms with E-state index in [9.17, 15) is 27.2 Å². The van der Waals surface area contributed by atoms with Gasteiger partial charge in [-0.1, -0.05) is 0 Å². The van der Waals surface area contributed by atoms with E-state index in [0.29, 0.717) is 17.0 Å². The summed E-state index contributed by atoms with van der Waals surface area (Å²) < 4.78 is 47.2. The number of sulfonamides is 1. The zero-order chi connectivity index (χ0) is 24.3. The largest absolute Gasteiger partial charge is 0.462 e. The summed E-state index contributed by atoms with van der Waals surface area (Å²) in [5, 5.41) is 7.92. The zero-order valence-electron chi connectivity index (χ0n) is 18.0. The highest BCUT2D eigenvalue weighted by Gasteiger charge is 2.29. The number of amides is 1. The molecule has 1 aromatic carbocycles. The molecule has 0 saturated heterocycles. The third-order valence-electron chi connectivity index (χ3n) is 5.03. The summed E-state index contributed by atoms with van der Waals surface area (Å²) in [7, 11) is -4.18. The predicted octanol–water partition coefficient (Wildman–Crippen LogP) is 2.77. The monoisotopic (exact) mass is 498 g/mol. The molecule has 1 heterocycles. The molecule has 178 valence electrons. The van der Waals surface area contributed by atoms with Gasteiger partial charge in [-0.15, -0.1) is 11.3 Å². The first-order valence-electron chi connectivity index (χ1n) is 10.2. The lowest BCUT2D eigenvalue weighted by atomic mass is 9.95. The maximum atomic E-state index is 14.1. The van der Waals surface area contributed by atoms with Gasteiger partial charge in [-0.2, -0.15) is 0 Å². The first kappa shape index (κ1) is 24.8. The van der Waals surface area contributed by atoms with Crippen LogP contribution >= 0.6 is 11.3 Å². The van der Waals surface area contributed by atoms with Crippen LogP contribution in [0.5, 0.6) is 0 Å². The van der Waals surface area contributed by atoms with Crippen LogP contribution < -0.4 is 10.5 Å². The van der Waals surface area contributed by atoms with Crippen LogP contribution in [0.1, 0.15) is 57.8 Å². The van der Waals surface area contributed by atoms with Gasteiger partial charge in [0, 0.05) is 4.88 Å². The summed E-state index contributed by atoms with van der Waals surface area (Å²) in [5.41, 5.74) is 0.474. The van der Waals surface area contributed by atoms with Crippen LogP contribution in [-0.2, 0) is 37.1 Å². The lowest BCUT2D eigenvalue weighted by molar-refractivity contribution is -0.123. The third-order valence-corrected chi connectivity index (χ3v) is 7.15. The normalized spacial score (nSPS) is 14.2. The Morgan fingerprint density at radius 2 is 1.91 bits per heavy atom. The highest BCUT2D eigenvalue weighted by molar-refractivity contribution is 7.89. The summed E-state index contributed by atoms with van der Waals surface area (Å²) in [5.74, 6) is -3.55. The number of benzene rings is 1. The number of anilines is 1. The van der Waals surface area contributed by atoms with Gasteiger partial charge in [-0.05, 0) is 63.3 Å². The van der Waals surface area contributed by atoms with Crippen molar-refractivity contribution in [2.75, 3.05) is 11.9 Å². The molecule has 0 aliphatic heterocycles. The van der Waals surface area contributed by atoms with E-state index in [4.69, 9.17) is 14.6 Å². The maximum Gasteiger partial charge on any atom is 0.341 e. The Balaban J connectivity index is 1.79. The highest BCUT2D eigenvalue weighted by atomic mass is 32.2. The van der Waals surface area contributed by atoms with Crippen LogP contribution in [0, 0.1) is 5.82 Å². The fourth-order valence-electron chi connectivity index (χ4n) is 3.40. The van der Waals surface area contributed by atoms with Crippen molar-refractivity contribution in [3.8, 4) is 0 Å². The molecular formula is C21H23FN2O7S2. The summed E-state index contributed by atoms with van der Waals surface area (Å²) in [6.45, 7) is 3.13. The number of carbonyl (C=O) groups is 3. The number of hydrogen-bond acceptors (Lipinski definition) is 8. The Morgan fingerprint density at radius 3 is 2.58 bits per heavy atom. The second kappa shape index (κ2) is 9.98. The number of esters is 2. The van der Waals surface area contributed by atoms with Gasteiger partial charge in [0.1, 0.15) is 10.8 Å². The van der Waals surface area contributed by atoms with Crippen molar-refractivity contribution in [2.24, 2.45) is 5.14 Å². The first-order valence-corrected chi connectivity index (χ1v) is 12.5. The number of fused-ring (bicyclic) bond motifs is 1. The van der Waals surface area contributed by atoms with Gasteiger partial charge in [0.15, 0.2) is 6.10 Å². The molecule has 1 aliphatic rings. The molecule has 0 radical (unpaired) electrons. The Bertz CT molecular complexity index is 1210. The van der Waals surface area contributed by atoms with Crippen molar-refractivity contribution < 1.29 is 36.7 Å². The van der Waals surface area contributed by atoms with Gasteiger partial charge >= 0.3 is 11.9 Å². The van der Waals surface area contributed by atoms with Gasteiger partial charge < -0.3 is 14.8 Å². The molecule has 12 heteroatoms. The molecule has 3 N–H and O–H groups in total. The second-order valence-electron chi connectivity index (χ2n) is 7.36.